The number of carbonyl (C=O) groups is 1. The van der Waals surface area contributed by atoms with Gasteiger partial charge in [-0.05, 0) is 37.0 Å². The zero-order valence-corrected chi connectivity index (χ0v) is 13.1. The molecule has 122 valence electrons. The Kier molecular flexibility index (Phi) is 4.62. The molecule has 3 N–H and O–H groups in total. The molecule has 2 atom stereocenters. The highest BCUT2D eigenvalue weighted by Crippen LogP contribution is 2.30. The number of aryl methyl sites for hydroxylation is 1. The number of aliphatic hydroxyl groups is 1. The van der Waals surface area contributed by atoms with Gasteiger partial charge in [0, 0.05) is 17.8 Å². The normalized spacial score (nSPS) is 18.1. The van der Waals surface area contributed by atoms with Crippen molar-refractivity contribution in [2.45, 2.75) is 31.3 Å². The molecule has 2 unspecified atom stereocenters. The standard InChI is InChI=1S/C17H21N3O3/c1-23-12-5-2-4-11(8-12)16(21)10-18-17(22)13-6-3-7-15-14(13)9-19-20-15/h2,4-5,8-9,13,16,21H,3,6-7,10H2,1H3,(H,18,22)(H,19,20). The van der Waals surface area contributed by atoms with Crippen LogP contribution in [0.1, 0.15) is 41.7 Å². The maximum Gasteiger partial charge on any atom is 0.227 e. The van der Waals surface area contributed by atoms with E-state index in [1.54, 1.807) is 19.4 Å². The fraction of sp³-hybridized carbons (Fsp3) is 0.412. The quantitative estimate of drug-likeness (QED) is 0.783. The molecule has 0 saturated heterocycles. The predicted molar refractivity (Wildman–Crippen MR) is 85.2 cm³/mol. The van der Waals surface area contributed by atoms with Gasteiger partial charge in [-0.2, -0.15) is 5.10 Å². The Labute approximate surface area is 134 Å². The molecule has 2 aromatic rings. The zero-order valence-electron chi connectivity index (χ0n) is 13.1. The molecule has 1 aromatic carbocycles. The fourth-order valence-electron chi connectivity index (χ4n) is 3.02. The molecule has 1 aromatic heterocycles. The summed E-state index contributed by atoms with van der Waals surface area (Å²) >= 11 is 0. The Balaban J connectivity index is 1.61. The lowest BCUT2D eigenvalue weighted by molar-refractivity contribution is -0.123. The van der Waals surface area contributed by atoms with Crippen LogP contribution in [0.25, 0.3) is 0 Å². The Hall–Kier alpha value is -2.34. The van der Waals surface area contributed by atoms with Gasteiger partial charge in [0.05, 0.1) is 25.3 Å². The van der Waals surface area contributed by atoms with E-state index in [1.807, 2.05) is 18.2 Å². The molecule has 1 heterocycles. The largest absolute Gasteiger partial charge is 0.497 e. The van der Waals surface area contributed by atoms with Gasteiger partial charge in [0.2, 0.25) is 5.91 Å². The van der Waals surface area contributed by atoms with Crippen LogP contribution < -0.4 is 10.1 Å². The summed E-state index contributed by atoms with van der Waals surface area (Å²) < 4.78 is 5.15. The first-order valence-corrected chi connectivity index (χ1v) is 7.81. The van der Waals surface area contributed by atoms with E-state index in [0.717, 1.165) is 36.1 Å². The number of aromatic amines is 1. The monoisotopic (exact) mass is 315 g/mol. The number of fused-ring (bicyclic) bond motifs is 1. The van der Waals surface area contributed by atoms with Crippen molar-refractivity contribution in [3.8, 4) is 5.75 Å². The number of nitrogens with zero attached hydrogens (tertiary/aromatic N) is 1. The molecule has 1 aliphatic rings. The Morgan fingerprint density at radius 3 is 3.26 bits per heavy atom. The number of hydrogen-bond donors (Lipinski definition) is 3. The summed E-state index contributed by atoms with van der Waals surface area (Å²) in [4.78, 5) is 12.4. The minimum atomic E-state index is -0.763. The van der Waals surface area contributed by atoms with E-state index in [0.29, 0.717) is 5.75 Å². The summed E-state index contributed by atoms with van der Waals surface area (Å²) in [6.07, 6.45) is 3.68. The van der Waals surface area contributed by atoms with Gasteiger partial charge in [-0.3, -0.25) is 9.89 Å². The third-order valence-electron chi connectivity index (χ3n) is 4.31. The van der Waals surface area contributed by atoms with Crippen LogP contribution in [-0.4, -0.2) is 34.9 Å². The second kappa shape index (κ2) is 6.83. The Morgan fingerprint density at radius 1 is 1.57 bits per heavy atom. The fourth-order valence-corrected chi connectivity index (χ4v) is 3.02. The van der Waals surface area contributed by atoms with Crippen LogP contribution in [0.4, 0.5) is 0 Å². The third kappa shape index (κ3) is 3.37. The molecule has 0 saturated carbocycles. The maximum absolute atomic E-state index is 12.4. The van der Waals surface area contributed by atoms with Crippen molar-refractivity contribution in [2.75, 3.05) is 13.7 Å². The van der Waals surface area contributed by atoms with Crippen molar-refractivity contribution in [3.63, 3.8) is 0 Å². The van der Waals surface area contributed by atoms with Crippen molar-refractivity contribution in [1.29, 1.82) is 0 Å². The van der Waals surface area contributed by atoms with Gasteiger partial charge in [0.25, 0.3) is 0 Å². The number of carbonyl (C=O) groups excluding carboxylic acids is 1. The highest BCUT2D eigenvalue weighted by Gasteiger charge is 2.28. The summed E-state index contributed by atoms with van der Waals surface area (Å²) in [5.74, 6) is 0.438. The maximum atomic E-state index is 12.4. The summed E-state index contributed by atoms with van der Waals surface area (Å²) in [6, 6.07) is 7.22. The van der Waals surface area contributed by atoms with Gasteiger partial charge < -0.3 is 15.2 Å². The van der Waals surface area contributed by atoms with Crippen LogP contribution in [0.2, 0.25) is 0 Å². The minimum absolute atomic E-state index is 0.0608. The molecule has 0 aliphatic heterocycles. The van der Waals surface area contributed by atoms with Crippen LogP contribution in [-0.2, 0) is 11.2 Å². The summed E-state index contributed by atoms with van der Waals surface area (Å²) in [7, 11) is 1.58. The van der Waals surface area contributed by atoms with Gasteiger partial charge in [-0.1, -0.05) is 12.1 Å². The van der Waals surface area contributed by atoms with E-state index in [1.165, 1.54) is 0 Å². The van der Waals surface area contributed by atoms with Gasteiger partial charge >= 0.3 is 0 Å². The number of hydrogen-bond acceptors (Lipinski definition) is 4. The molecular weight excluding hydrogens is 294 g/mol. The number of rotatable bonds is 5. The minimum Gasteiger partial charge on any atom is -0.497 e. The zero-order chi connectivity index (χ0) is 16.2. The molecule has 0 bridgehead atoms. The second-order valence-corrected chi connectivity index (χ2v) is 5.79. The molecule has 0 spiro atoms. The summed E-state index contributed by atoms with van der Waals surface area (Å²) in [5, 5.41) is 20.1. The van der Waals surface area contributed by atoms with E-state index < -0.39 is 6.10 Å². The topological polar surface area (TPSA) is 87.2 Å². The Morgan fingerprint density at radius 2 is 2.43 bits per heavy atom. The Bertz CT molecular complexity index is 683. The lowest BCUT2D eigenvalue weighted by Crippen LogP contribution is -2.34. The van der Waals surface area contributed by atoms with Crippen molar-refractivity contribution in [3.05, 3.63) is 47.3 Å². The molecule has 0 fully saturated rings. The average Bonchev–Trinajstić information content (AvgIpc) is 3.08. The summed E-state index contributed by atoms with van der Waals surface area (Å²) in [6.45, 7) is 0.176. The first-order valence-electron chi connectivity index (χ1n) is 7.81. The van der Waals surface area contributed by atoms with Crippen LogP contribution in [0.15, 0.2) is 30.5 Å². The molecule has 6 nitrogen and oxygen atoms in total. The van der Waals surface area contributed by atoms with Crippen LogP contribution >= 0.6 is 0 Å². The SMILES string of the molecule is COc1cccc(C(O)CNC(=O)C2CCCc3[nH]ncc32)c1. The van der Waals surface area contributed by atoms with Gasteiger partial charge in [0.1, 0.15) is 5.75 Å². The van der Waals surface area contributed by atoms with Crippen molar-refractivity contribution < 1.29 is 14.6 Å². The number of methoxy groups -OCH3 is 1. The van der Waals surface area contributed by atoms with Crippen molar-refractivity contribution >= 4 is 5.91 Å². The number of aromatic nitrogens is 2. The van der Waals surface area contributed by atoms with Crippen molar-refractivity contribution in [1.82, 2.24) is 15.5 Å². The lowest BCUT2D eigenvalue weighted by Gasteiger charge is -2.22. The number of ether oxygens (including phenoxy) is 1. The van der Waals surface area contributed by atoms with Crippen LogP contribution in [0, 0.1) is 0 Å². The van der Waals surface area contributed by atoms with E-state index in [4.69, 9.17) is 4.74 Å². The second-order valence-electron chi connectivity index (χ2n) is 5.79. The smallest absolute Gasteiger partial charge is 0.227 e. The summed E-state index contributed by atoms with van der Waals surface area (Å²) in [5.41, 5.74) is 2.74. The number of benzene rings is 1. The number of amides is 1. The van der Waals surface area contributed by atoms with Crippen LogP contribution in [0.5, 0.6) is 5.75 Å². The molecule has 0 radical (unpaired) electrons. The third-order valence-corrected chi connectivity index (χ3v) is 4.31. The predicted octanol–water partition coefficient (Wildman–Crippen LogP) is 1.69. The molecule has 1 amide bonds. The van der Waals surface area contributed by atoms with Gasteiger partial charge in [-0.25, -0.2) is 0 Å². The van der Waals surface area contributed by atoms with E-state index in [2.05, 4.69) is 15.5 Å². The highest BCUT2D eigenvalue weighted by atomic mass is 16.5. The van der Waals surface area contributed by atoms with E-state index in [9.17, 15) is 9.90 Å². The number of aliphatic hydroxyl groups excluding tert-OH is 1. The molecule has 1 aliphatic carbocycles. The van der Waals surface area contributed by atoms with Gasteiger partial charge in [-0.15, -0.1) is 0 Å². The molecular formula is C17H21N3O3. The first kappa shape index (κ1) is 15.6. The van der Waals surface area contributed by atoms with E-state index in [-0.39, 0.29) is 18.4 Å². The molecule has 3 rings (SSSR count). The lowest BCUT2D eigenvalue weighted by atomic mass is 9.86. The number of nitrogens with one attached hydrogen (secondary N) is 2. The van der Waals surface area contributed by atoms with Crippen molar-refractivity contribution in [2.24, 2.45) is 0 Å². The van der Waals surface area contributed by atoms with Gasteiger partial charge in [0.15, 0.2) is 0 Å². The molecule has 23 heavy (non-hydrogen) atoms. The number of H-pyrrole nitrogens is 1. The highest BCUT2D eigenvalue weighted by molar-refractivity contribution is 5.84. The van der Waals surface area contributed by atoms with Crippen LogP contribution in [0.3, 0.4) is 0 Å². The molecule has 6 heteroatoms. The average molecular weight is 315 g/mol. The first-order chi connectivity index (χ1) is 11.2. The van der Waals surface area contributed by atoms with E-state index >= 15 is 0 Å².